The zero-order valence-electron chi connectivity index (χ0n) is 18.2. The van der Waals surface area contributed by atoms with Gasteiger partial charge in [0.15, 0.2) is 5.82 Å². The van der Waals surface area contributed by atoms with Gasteiger partial charge in [-0.3, -0.25) is 15.0 Å². The Morgan fingerprint density at radius 3 is 2.61 bits per heavy atom. The summed E-state index contributed by atoms with van der Waals surface area (Å²) in [6, 6.07) is 7.26. The lowest BCUT2D eigenvalue weighted by molar-refractivity contribution is -0.0634. The van der Waals surface area contributed by atoms with Crippen molar-refractivity contribution in [3.05, 3.63) is 69.1 Å². The second kappa shape index (κ2) is 9.64. The molecule has 2 aromatic heterocycles. The summed E-state index contributed by atoms with van der Waals surface area (Å²) in [7, 11) is 0. The minimum Gasteiger partial charge on any atom is -0.366 e. The van der Waals surface area contributed by atoms with Gasteiger partial charge < -0.3 is 11.1 Å². The first-order valence-corrected chi connectivity index (χ1v) is 10.8. The third kappa shape index (κ3) is 5.19. The van der Waals surface area contributed by atoms with Gasteiger partial charge in [-0.05, 0) is 42.8 Å². The number of halogens is 5. The Bertz CT molecular complexity index is 1390. The predicted octanol–water partition coefficient (Wildman–Crippen LogP) is 2.93. The van der Waals surface area contributed by atoms with Crippen molar-refractivity contribution < 1.29 is 22.8 Å². The van der Waals surface area contributed by atoms with E-state index in [9.17, 15) is 22.8 Å². The third-order valence-corrected chi connectivity index (χ3v) is 5.36. The van der Waals surface area contributed by atoms with E-state index in [1.165, 1.54) is 30.5 Å². The molecular weight excluding hydrogens is 526 g/mol. The third-order valence-electron chi connectivity index (χ3n) is 4.85. The summed E-state index contributed by atoms with van der Waals surface area (Å²) in [6.45, 7) is 1.38. The molecule has 2 amide bonds. The zero-order chi connectivity index (χ0) is 26.2. The summed E-state index contributed by atoms with van der Waals surface area (Å²) in [5, 5.41) is 11.4. The molecule has 0 saturated heterocycles. The minimum atomic E-state index is -4.69. The first-order valence-electron chi connectivity index (χ1n) is 10.00. The number of carbonyl (C=O) groups is 2. The molecule has 0 bridgehead atoms. The summed E-state index contributed by atoms with van der Waals surface area (Å²) in [5.74, 6) is -2.69. The molecule has 4 rings (SSSR count). The van der Waals surface area contributed by atoms with E-state index < -0.39 is 23.8 Å². The SMILES string of the molecule is Cc1cc(Cl)cc(C(N)=O)c1NC(=O)c1cc(CN2NN=C(C(F)(F)F)N2)nn1-c1ncccc1Cl. The number of hydrazone groups is 1. The Kier molecular flexibility index (Phi) is 6.75. The number of carbonyl (C=O) groups excluding carboxylic acids is 2. The van der Waals surface area contributed by atoms with Crippen LogP contribution in [0.4, 0.5) is 18.9 Å². The Morgan fingerprint density at radius 2 is 1.97 bits per heavy atom. The number of nitrogens with zero attached hydrogens (tertiary/aromatic N) is 5. The molecule has 0 saturated carbocycles. The molecule has 0 unspecified atom stereocenters. The molecule has 1 aromatic carbocycles. The normalized spacial score (nSPS) is 13.7. The first kappa shape index (κ1) is 25.2. The standard InChI is InChI=1S/C20H16Cl2F3N9O2/c1-9-5-10(21)6-12(16(26)35)15(9)28-18(36)14-7-11(8-33-31-19(29-32-33)20(23,24)25)30-34(14)17-13(22)3-2-4-27-17/h2-7,32H,8H2,1H3,(H2,26,35)(H,28,36)(H,29,31). The molecule has 0 radical (unpaired) electrons. The van der Waals surface area contributed by atoms with E-state index >= 15 is 0 Å². The maximum absolute atomic E-state index is 13.3. The quantitative estimate of drug-likeness (QED) is 0.375. The van der Waals surface area contributed by atoms with Gasteiger partial charge in [0.2, 0.25) is 5.84 Å². The van der Waals surface area contributed by atoms with E-state index in [1.54, 1.807) is 13.0 Å². The van der Waals surface area contributed by atoms with Crippen LogP contribution in [0.1, 0.15) is 32.1 Å². The Labute approximate surface area is 211 Å². The molecule has 3 aromatic rings. The second-order valence-corrected chi connectivity index (χ2v) is 8.30. The Morgan fingerprint density at radius 1 is 1.22 bits per heavy atom. The summed E-state index contributed by atoms with van der Waals surface area (Å²) >= 11 is 12.3. The van der Waals surface area contributed by atoms with Crippen LogP contribution in [0, 0.1) is 6.92 Å². The van der Waals surface area contributed by atoms with Crippen molar-refractivity contribution >= 4 is 46.5 Å². The Balaban J connectivity index is 1.69. The van der Waals surface area contributed by atoms with Crippen molar-refractivity contribution in [1.29, 1.82) is 0 Å². The minimum absolute atomic E-state index is 0.0159. The van der Waals surface area contributed by atoms with Crippen LogP contribution in [0.25, 0.3) is 5.82 Å². The summed E-state index contributed by atoms with van der Waals surface area (Å²) in [4.78, 5) is 29.4. The summed E-state index contributed by atoms with van der Waals surface area (Å²) in [6.07, 6.45) is -3.27. The van der Waals surface area contributed by atoms with Crippen molar-refractivity contribution in [3.63, 3.8) is 0 Å². The lowest BCUT2D eigenvalue weighted by Gasteiger charge is -2.14. The fourth-order valence-corrected chi connectivity index (χ4v) is 3.77. The van der Waals surface area contributed by atoms with Crippen molar-refractivity contribution in [1.82, 2.24) is 30.8 Å². The maximum atomic E-state index is 13.3. The van der Waals surface area contributed by atoms with Crippen LogP contribution in [0.5, 0.6) is 0 Å². The highest BCUT2D eigenvalue weighted by atomic mass is 35.5. The number of primary amides is 1. The lowest BCUT2D eigenvalue weighted by Crippen LogP contribution is -2.44. The van der Waals surface area contributed by atoms with E-state index in [1.807, 2.05) is 0 Å². The average Bonchev–Trinajstić information content (AvgIpc) is 3.43. The highest BCUT2D eigenvalue weighted by Gasteiger charge is 2.40. The van der Waals surface area contributed by atoms with E-state index in [-0.39, 0.29) is 45.0 Å². The number of benzene rings is 1. The number of alkyl halides is 3. The lowest BCUT2D eigenvalue weighted by atomic mass is 10.1. The zero-order valence-corrected chi connectivity index (χ0v) is 19.7. The van der Waals surface area contributed by atoms with Crippen LogP contribution in [0.2, 0.25) is 10.0 Å². The molecule has 0 aliphatic carbocycles. The number of hydrogen-bond donors (Lipinski definition) is 4. The molecule has 11 nitrogen and oxygen atoms in total. The molecule has 36 heavy (non-hydrogen) atoms. The highest BCUT2D eigenvalue weighted by molar-refractivity contribution is 6.32. The highest BCUT2D eigenvalue weighted by Crippen LogP contribution is 2.27. The molecule has 3 heterocycles. The molecule has 1 aliphatic heterocycles. The van der Waals surface area contributed by atoms with Gasteiger partial charge in [0.1, 0.15) is 5.69 Å². The van der Waals surface area contributed by atoms with Gasteiger partial charge in [-0.25, -0.2) is 15.2 Å². The number of nitrogens with one attached hydrogen (secondary N) is 3. The topological polar surface area (TPSA) is 143 Å². The molecular formula is C20H16Cl2F3N9O2. The smallest absolute Gasteiger partial charge is 0.366 e. The van der Waals surface area contributed by atoms with Crippen molar-refractivity contribution in [3.8, 4) is 5.82 Å². The van der Waals surface area contributed by atoms with E-state index in [0.29, 0.717) is 5.56 Å². The van der Waals surface area contributed by atoms with Gasteiger partial charge in [0.05, 0.1) is 28.5 Å². The van der Waals surface area contributed by atoms with E-state index in [4.69, 9.17) is 28.9 Å². The average molecular weight is 542 g/mol. The fraction of sp³-hybridized carbons (Fsp3) is 0.150. The van der Waals surface area contributed by atoms with E-state index in [0.717, 1.165) is 9.80 Å². The molecule has 1 aliphatic rings. The second-order valence-electron chi connectivity index (χ2n) is 7.46. The van der Waals surface area contributed by atoms with Crippen LogP contribution in [0.3, 0.4) is 0 Å². The summed E-state index contributed by atoms with van der Waals surface area (Å²) < 4.78 is 39.7. The number of anilines is 1. The molecule has 0 spiro atoms. The van der Waals surface area contributed by atoms with Gasteiger partial charge in [0, 0.05) is 11.2 Å². The van der Waals surface area contributed by atoms with Gasteiger partial charge >= 0.3 is 6.18 Å². The number of pyridine rings is 1. The van der Waals surface area contributed by atoms with Crippen LogP contribution >= 0.6 is 23.2 Å². The number of aromatic nitrogens is 3. The number of amides is 2. The van der Waals surface area contributed by atoms with Crippen LogP contribution < -0.4 is 22.0 Å². The molecule has 5 N–H and O–H groups in total. The van der Waals surface area contributed by atoms with Crippen LogP contribution in [-0.2, 0) is 6.54 Å². The monoisotopic (exact) mass is 541 g/mol. The number of hydrogen-bond acceptors (Lipinski definition) is 8. The number of nitrogens with two attached hydrogens (primary N) is 1. The van der Waals surface area contributed by atoms with Gasteiger partial charge in [0.25, 0.3) is 11.8 Å². The van der Waals surface area contributed by atoms with Gasteiger partial charge in [-0.2, -0.15) is 18.3 Å². The number of rotatable bonds is 6. The summed E-state index contributed by atoms with van der Waals surface area (Å²) in [5.41, 5.74) is 10.3. The Hall–Kier alpha value is -3.88. The van der Waals surface area contributed by atoms with Gasteiger partial charge in [-0.1, -0.05) is 23.2 Å². The maximum Gasteiger partial charge on any atom is 0.452 e. The number of aryl methyl sites for hydroxylation is 1. The van der Waals surface area contributed by atoms with Crippen molar-refractivity contribution in [2.45, 2.75) is 19.6 Å². The van der Waals surface area contributed by atoms with Gasteiger partial charge in [-0.15, -0.1) is 10.2 Å². The molecule has 188 valence electrons. The molecule has 16 heteroatoms. The van der Waals surface area contributed by atoms with Crippen LogP contribution in [-0.4, -0.2) is 43.7 Å². The number of hydrazine groups is 2. The van der Waals surface area contributed by atoms with Crippen LogP contribution in [0.15, 0.2) is 41.6 Å². The van der Waals surface area contributed by atoms with Crippen molar-refractivity contribution in [2.75, 3.05) is 5.32 Å². The number of amidine groups is 1. The van der Waals surface area contributed by atoms with Crippen molar-refractivity contribution in [2.24, 2.45) is 10.8 Å². The predicted molar refractivity (Wildman–Crippen MR) is 124 cm³/mol. The largest absolute Gasteiger partial charge is 0.452 e. The molecule has 0 atom stereocenters. The fourth-order valence-electron chi connectivity index (χ4n) is 3.30. The first-order chi connectivity index (χ1) is 16.9. The molecule has 0 fully saturated rings. The van der Waals surface area contributed by atoms with E-state index in [2.05, 4.69) is 31.5 Å².